The molecule has 0 saturated carbocycles. The van der Waals surface area contributed by atoms with Gasteiger partial charge in [0.1, 0.15) is 6.04 Å². The molecule has 3 amide bonds. The monoisotopic (exact) mass is 505 g/mol. The molecular weight excluding hydrogens is 462 g/mol. The van der Waals surface area contributed by atoms with E-state index in [1.165, 1.54) is 0 Å². The zero-order chi connectivity index (χ0) is 25.8. The second-order valence-corrected chi connectivity index (χ2v) is 11.9. The van der Waals surface area contributed by atoms with Gasteiger partial charge in [0.05, 0.1) is 16.6 Å². The third-order valence-corrected chi connectivity index (χ3v) is 9.72. The highest BCUT2D eigenvalue weighted by Gasteiger charge is 2.74. The smallest absolute Gasteiger partial charge is 0.247 e. The van der Waals surface area contributed by atoms with Gasteiger partial charge in [-0.1, -0.05) is 19.1 Å². The van der Waals surface area contributed by atoms with E-state index in [4.69, 9.17) is 0 Å². The van der Waals surface area contributed by atoms with E-state index in [0.717, 1.165) is 32.1 Å². The molecule has 0 aromatic rings. The quantitative estimate of drug-likeness (QED) is 0.290. The van der Waals surface area contributed by atoms with E-state index in [-0.39, 0.29) is 35.6 Å². The largest absolute Gasteiger partial charge is 0.396 e. The first kappa shape index (κ1) is 27.8. The maximum absolute atomic E-state index is 14.1. The Kier molecular flexibility index (Phi) is 9.49. The van der Waals surface area contributed by atoms with Crippen LogP contribution in [-0.2, 0) is 14.4 Å². The average molecular weight is 506 g/mol. The molecule has 3 aliphatic heterocycles. The average Bonchev–Trinajstić information content (AvgIpc) is 3.46. The van der Waals surface area contributed by atoms with Crippen molar-refractivity contribution in [3.8, 4) is 0 Å². The summed E-state index contributed by atoms with van der Waals surface area (Å²) in [5, 5.41) is 9.26. The molecule has 2 bridgehead atoms. The number of aliphatic hydroxyl groups excluding tert-OH is 1. The van der Waals surface area contributed by atoms with Gasteiger partial charge in [-0.3, -0.25) is 14.4 Å². The Bertz CT molecular complexity index is 818. The number of hydrogen-bond acceptors (Lipinski definition) is 5. The number of fused-ring (bicyclic) bond motifs is 1. The van der Waals surface area contributed by atoms with E-state index >= 15 is 0 Å². The number of carbonyl (C=O) groups is 3. The molecule has 1 spiro atoms. The van der Waals surface area contributed by atoms with Gasteiger partial charge in [0.15, 0.2) is 0 Å². The van der Waals surface area contributed by atoms with E-state index < -0.39 is 22.6 Å². The summed E-state index contributed by atoms with van der Waals surface area (Å²) >= 11 is 1.73. The first-order valence-electron chi connectivity index (χ1n) is 13.2. The van der Waals surface area contributed by atoms with Gasteiger partial charge in [0.2, 0.25) is 17.7 Å². The molecule has 3 fully saturated rings. The van der Waals surface area contributed by atoms with E-state index in [1.54, 1.807) is 28.8 Å². The van der Waals surface area contributed by atoms with Crippen molar-refractivity contribution >= 4 is 29.5 Å². The Morgan fingerprint density at radius 3 is 2.51 bits per heavy atom. The molecule has 7 nitrogen and oxygen atoms in total. The Balaban J connectivity index is 1.99. The van der Waals surface area contributed by atoms with Crippen LogP contribution in [0.4, 0.5) is 0 Å². The van der Waals surface area contributed by atoms with Crippen LogP contribution >= 0.6 is 11.8 Å². The standard InChI is InChI=1S/C27H43N3O4S/c1-6-14-28(15-7-2)24(32)21-20-12-13-27(35-20)22(21)25(33)30(17-10-9-11-18-31)23(27)26(34)29(16-8-3)19(4)5/h6,8,19-23,31H,1,3,7,9-18H2,2,4-5H3/t20-,21+,22+,23?,27?/m1/s1. The summed E-state index contributed by atoms with van der Waals surface area (Å²) in [6.45, 7) is 15.8. The lowest BCUT2D eigenvalue weighted by atomic mass is 9.70. The lowest BCUT2D eigenvalue weighted by Crippen LogP contribution is -2.56. The number of unbranched alkanes of at least 4 members (excludes halogenated alkanes) is 2. The number of rotatable bonds is 14. The Morgan fingerprint density at radius 1 is 1.20 bits per heavy atom. The van der Waals surface area contributed by atoms with E-state index in [0.29, 0.717) is 32.6 Å². The fourth-order valence-corrected chi connectivity index (χ4v) is 8.51. The van der Waals surface area contributed by atoms with Crippen LogP contribution < -0.4 is 0 Å². The number of thioether (sulfide) groups is 1. The van der Waals surface area contributed by atoms with Crippen molar-refractivity contribution < 1.29 is 19.5 Å². The predicted molar refractivity (Wildman–Crippen MR) is 141 cm³/mol. The SMILES string of the molecule is C=CCN(CCC)C(=O)[C@@H]1[C@H]2C(=O)N(CCCCCO)C(C(=O)N(CC=C)C(C)C)C23CC[C@H]1S3. The number of nitrogens with zero attached hydrogens (tertiary/aromatic N) is 3. The number of likely N-dealkylation sites (tertiary alicyclic amines) is 1. The van der Waals surface area contributed by atoms with Gasteiger partial charge in [-0.15, -0.1) is 24.9 Å². The summed E-state index contributed by atoms with van der Waals surface area (Å²) in [7, 11) is 0. The summed E-state index contributed by atoms with van der Waals surface area (Å²) in [4.78, 5) is 47.3. The Hall–Kier alpha value is -1.80. The highest BCUT2D eigenvalue weighted by atomic mass is 32.2. The second kappa shape index (κ2) is 12.0. The molecular formula is C27H43N3O4S. The molecule has 0 aliphatic carbocycles. The molecule has 8 heteroatoms. The zero-order valence-corrected chi connectivity index (χ0v) is 22.5. The third kappa shape index (κ3) is 5.06. The minimum atomic E-state index is -0.566. The molecule has 196 valence electrons. The van der Waals surface area contributed by atoms with Gasteiger partial charge < -0.3 is 19.8 Å². The summed E-state index contributed by atoms with van der Waals surface area (Å²) in [5.74, 6) is -0.900. The van der Waals surface area contributed by atoms with Crippen LogP contribution in [0.15, 0.2) is 25.3 Å². The Morgan fingerprint density at radius 2 is 1.91 bits per heavy atom. The summed E-state index contributed by atoms with van der Waals surface area (Å²) in [6.07, 6.45) is 8.15. The van der Waals surface area contributed by atoms with Crippen LogP contribution in [0.25, 0.3) is 0 Å². The van der Waals surface area contributed by atoms with Crippen LogP contribution in [0.3, 0.4) is 0 Å². The first-order chi connectivity index (χ1) is 16.8. The van der Waals surface area contributed by atoms with Crippen LogP contribution in [0.1, 0.15) is 59.3 Å². The molecule has 1 N–H and O–H groups in total. The van der Waals surface area contributed by atoms with Crippen molar-refractivity contribution in [1.29, 1.82) is 0 Å². The fourth-order valence-electron chi connectivity index (χ4n) is 6.30. The molecule has 2 unspecified atom stereocenters. The number of hydrogen-bond donors (Lipinski definition) is 1. The predicted octanol–water partition coefficient (Wildman–Crippen LogP) is 3.09. The van der Waals surface area contributed by atoms with Crippen molar-refractivity contribution in [2.24, 2.45) is 11.8 Å². The van der Waals surface area contributed by atoms with Crippen LogP contribution in [0.5, 0.6) is 0 Å². The second-order valence-electron chi connectivity index (χ2n) is 10.3. The normalized spacial score (nSPS) is 28.9. The molecule has 35 heavy (non-hydrogen) atoms. The van der Waals surface area contributed by atoms with Crippen molar-refractivity contribution in [2.45, 2.75) is 81.4 Å². The van der Waals surface area contributed by atoms with Gasteiger partial charge in [0, 0.05) is 44.1 Å². The van der Waals surface area contributed by atoms with Crippen molar-refractivity contribution in [3.63, 3.8) is 0 Å². The summed E-state index contributed by atoms with van der Waals surface area (Å²) in [5.41, 5.74) is 0. The molecule has 0 aromatic carbocycles. The van der Waals surface area contributed by atoms with Gasteiger partial charge in [-0.05, 0) is 52.4 Å². The maximum Gasteiger partial charge on any atom is 0.247 e. The molecule has 3 saturated heterocycles. The minimum Gasteiger partial charge on any atom is -0.396 e. The van der Waals surface area contributed by atoms with Crippen LogP contribution in [-0.4, -0.2) is 92.4 Å². The molecule has 0 radical (unpaired) electrons. The number of aliphatic hydroxyl groups is 1. The molecule has 3 heterocycles. The zero-order valence-electron chi connectivity index (χ0n) is 21.7. The van der Waals surface area contributed by atoms with Crippen LogP contribution in [0, 0.1) is 11.8 Å². The van der Waals surface area contributed by atoms with Crippen molar-refractivity contribution in [3.05, 3.63) is 25.3 Å². The number of amides is 3. The summed E-state index contributed by atoms with van der Waals surface area (Å²) in [6, 6.07) is -0.584. The maximum atomic E-state index is 14.1. The highest BCUT2D eigenvalue weighted by molar-refractivity contribution is 8.02. The van der Waals surface area contributed by atoms with Gasteiger partial charge in [-0.25, -0.2) is 0 Å². The summed E-state index contributed by atoms with van der Waals surface area (Å²) < 4.78 is -0.559. The van der Waals surface area contributed by atoms with Crippen molar-refractivity contribution in [2.75, 3.05) is 32.8 Å². The van der Waals surface area contributed by atoms with E-state index in [9.17, 15) is 19.5 Å². The fraction of sp³-hybridized carbons (Fsp3) is 0.741. The van der Waals surface area contributed by atoms with E-state index in [1.807, 2.05) is 30.6 Å². The highest BCUT2D eigenvalue weighted by Crippen LogP contribution is 2.66. The Labute approximate surface area is 215 Å². The lowest BCUT2D eigenvalue weighted by Gasteiger charge is -2.38. The van der Waals surface area contributed by atoms with Gasteiger partial charge >= 0.3 is 0 Å². The molecule has 3 aliphatic rings. The molecule has 0 aromatic heterocycles. The van der Waals surface area contributed by atoms with Gasteiger partial charge in [-0.2, -0.15) is 0 Å². The minimum absolute atomic E-state index is 0.0176. The topological polar surface area (TPSA) is 81.2 Å². The van der Waals surface area contributed by atoms with E-state index in [2.05, 4.69) is 13.2 Å². The first-order valence-corrected chi connectivity index (χ1v) is 14.1. The third-order valence-electron chi connectivity index (χ3n) is 7.76. The number of carbonyl (C=O) groups excluding carboxylic acids is 3. The lowest BCUT2D eigenvalue weighted by molar-refractivity contribution is -0.145. The molecule has 3 rings (SSSR count). The molecule has 5 atom stereocenters. The van der Waals surface area contributed by atoms with Crippen LogP contribution in [0.2, 0.25) is 0 Å². The van der Waals surface area contributed by atoms with Crippen molar-refractivity contribution in [1.82, 2.24) is 14.7 Å². The van der Waals surface area contributed by atoms with Gasteiger partial charge in [0.25, 0.3) is 0 Å².